The molecule has 1 aromatic heterocycles. The van der Waals surface area contributed by atoms with Crippen molar-refractivity contribution in [3.63, 3.8) is 0 Å². The van der Waals surface area contributed by atoms with E-state index in [9.17, 15) is 0 Å². The van der Waals surface area contributed by atoms with Crippen molar-refractivity contribution in [2.45, 2.75) is 18.9 Å². The number of nitrogens with zero attached hydrogens (tertiary/aromatic N) is 3. The normalized spacial score (nSPS) is 23.4. The van der Waals surface area contributed by atoms with Gasteiger partial charge in [-0.25, -0.2) is 5.10 Å². The third kappa shape index (κ3) is 1.16. The number of rotatable bonds is 2. The second kappa shape index (κ2) is 3.10. The smallest absolute Gasteiger partial charge is 0.221 e. The van der Waals surface area contributed by atoms with Crippen molar-refractivity contribution in [2.24, 2.45) is 5.73 Å². The molecule has 1 saturated heterocycles. The van der Waals surface area contributed by atoms with Gasteiger partial charge in [-0.15, -0.1) is 0 Å². The van der Waals surface area contributed by atoms with Crippen LogP contribution in [0, 0.1) is 0 Å². The highest BCUT2D eigenvalue weighted by atomic mass is 15.4. The van der Waals surface area contributed by atoms with Crippen LogP contribution in [0.5, 0.6) is 0 Å². The number of nitrogens with two attached hydrogens (primary N) is 1. The molecule has 0 bridgehead atoms. The van der Waals surface area contributed by atoms with Crippen LogP contribution in [0.25, 0.3) is 0 Å². The van der Waals surface area contributed by atoms with E-state index in [0.717, 1.165) is 18.9 Å². The Hall–Kier alpha value is -1.10. The summed E-state index contributed by atoms with van der Waals surface area (Å²) >= 11 is 0. The van der Waals surface area contributed by atoms with E-state index in [4.69, 9.17) is 5.73 Å². The SMILES string of the molecule is NCC1CCCN1c1ncn[nH]1. The van der Waals surface area contributed by atoms with Gasteiger partial charge in [0.05, 0.1) is 0 Å². The highest BCUT2D eigenvalue weighted by molar-refractivity contribution is 5.31. The molecular weight excluding hydrogens is 154 g/mol. The Balaban J connectivity index is 2.13. The molecule has 1 aliphatic heterocycles. The summed E-state index contributed by atoms with van der Waals surface area (Å²) in [6, 6.07) is 0.443. The van der Waals surface area contributed by atoms with Gasteiger partial charge in [-0.1, -0.05) is 0 Å². The van der Waals surface area contributed by atoms with E-state index in [0.29, 0.717) is 12.6 Å². The Bertz CT molecular complexity index is 232. The Labute approximate surface area is 71.0 Å². The number of nitrogens with one attached hydrogen (secondary N) is 1. The van der Waals surface area contributed by atoms with Gasteiger partial charge >= 0.3 is 0 Å². The van der Waals surface area contributed by atoms with Crippen LogP contribution in [-0.2, 0) is 0 Å². The Morgan fingerprint density at radius 2 is 2.67 bits per heavy atom. The quantitative estimate of drug-likeness (QED) is 0.636. The van der Waals surface area contributed by atoms with Crippen molar-refractivity contribution in [1.82, 2.24) is 15.2 Å². The van der Waals surface area contributed by atoms with Crippen molar-refractivity contribution in [3.05, 3.63) is 6.33 Å². The van der Waals surface area contributed by atoms with E-state index in [2.05, 4.69) is 20.1 Å². The van der Waals surface area contributed by atoms with Gasteiger partial charge in [0.15, 0.2) is 0 Å². The van der Waals surface area contributed by atoms with Gasteiger partial charge in [-0.2, -0.15) is 10.1 Å². The lowest BCUT2D eigenvalue weighted by atomic mass is 10.2. The minimum Gasteiger partial charge on any atom is -0.337 e. The zero-order valence-electron chi connectivity index (χ0n) is 6.90. The molecule has 0 saturated carbocycles. The molecule has 2 heterocycles. The maximum atomic E-state index is 5.63. The first-order valence-electron chi connectivity index (χ1n) is 4.24. The Morgan fingerprint density at radius 1 is 1.75 bits per heavy atom. The Morgan fingerprint density at radius 3 is 3.33 bits per heavy atom. The summed E-state index contributed by atoms with van der Waals surface area (Å²) in [7, 11) is 0. The molecule has 5 heteroatoms. The van der Waals surface area contributed by atoms with Crippen molar-refractivity contribution in [3.8, 4) is 0 Å². The monoisotopic (exact) mass is 167 g/mol. The van der Waals surface area contributed by atoms with E-state index in [1.54, 1.807) is 0 Å². The molecule has 0 aliphatic carbocycles. The molecule has 0 radical (unpaired) electrons. The molecule has 66 valence electrons. The number of anilines is 1. The molecule has 1 aromatic rings. The third-order valence-corrected chi connectivity index (χ3v) is 2.32. The molecule has 0 amide bonds. The molecule has 1 atom stereocenters. The van der Waals surface area contributed by atoms with Crippen LogP contribution in [0.1, 0.15) is 12.8 Å². The van der Waals surface area contributed by atoms with Crippen LogP contribution >= 0.6 is 0 Å². The maximum absolute atomic E-state index is 5.63. The van der Waals surface area contributed by atoms with Crippen molar-refractivity contribution >= 4 is 5.95 Å². The highest BCUT2D eigenvalue weighted by Gasteiger charge is 2.24. The number of H-pyrrole nitrogens is 1. The molecule has 0 spiro atoms. The minimum absolute atomic E-state index is 0.443. The summed E-state index contributed by atoms with van der Waals surface area (Å²) in [5.41, 5.74) is 5.63. The lowest BCUT2D eigenvalue weighted by Crippen LogP contribution is -2.36. The molecule has 1 unspecified atom stereocenters. The zero-order chi connectivity index (χ0) is 8.39. The van der Waals surface area contributed by atoms with Gasteiger partial charge in [0.2, 0.25) is 5.95 Å². The molecule has 12 heavy (non-hydrogen) atoms. The second-order valence-electron chi connectivity index (χ2n) is 3.03. The summed E-state index contributed by atoms with van der Waals surface area (Å²) in [6.45, 7) is 1.73. The minimum atomic E-state index is 0.443. The second-order valence-corrected chi connectivity index (χ2v) is 3.03. The van der Waals surface area contributed by atoms with Crippen LogP contribution in [0.4, 0.5) is 5.95 Å². The van der Waals surface area contributed by atoms with Crippen LogP contribution in [0.15, 0.2) is 6.33 Å². The lowest BCUT2D eigenvalue weighted by Gasteiger charge is -2.21. The summed E-state index contributed by atoms with van der Waals surface area (Å²) in [6.07, 6.45) is 3.89. The van der Waals surface area contributed by atoms with Crippen LogP contribution < -0.4 is 10.6 Å². The third-order valence-electron chi connectivity index (χ3n) is 2.32. The lowest BCUT2D eigenvalue weighted by molar-refractivity contribution is 0.665. The average Bonchev–Trinajstić information content (AvgIpc) is 2.74. The molecule has 3 N–H and O–H groups in total. The fourth-order valence-electron chi connectivity index (χ4n) is 1.70. The summed E-state index contributed by atoms with van der Waals surface area (Å²) in [5.74, 6) is 0.850. The molecular formula is C7H13N5. The summed E-state index contributed by atoms with van der Waals surface area (Å²) in [4.78, 5) is 6.29. The summed E-state index contributed by atoms with van der Waals surface area (Å²) < 4.78 is 0. The fraction of sp³-hybridized carbons (Fsp3) is 0.714. The van der Waals surface area contributed by atoms with E-state index < -0.39 is 0 Å². The topological polar surface area (TPSA) is 70.8 Å². The predicted octanol–water partition coefficient (Wildman–Crippen LogP) is -0.268. The van der Waals surface area contributed by atoms with Gasteiger partial charge in [0.25, 0.3) is 0 Å². The van der Waals surface area contributed by atoms with Gasteiger partial charge in [-0.05, 0) is 12.8 Å². The largest absolute Gasteiger partial charge is 0.337 e. The highest BCUT2D eigenvalue weighted by Crippen LogP contribution is 2.20. The first-order valence-corrected chi connectivity index (χ1v) is 4.24. The number of aromatic nitrogens is 3. The van der Waals surface area contributed by atoms with Crippen molar-refractivity contribution < 1.29 is 0 Å². The van der Waals surface area contributed by atoms with Crippen LogP contribution in [0.3, 0.4) is 0 Å². The van der Waals surface area contributed by atoms with E-state index in [-0.39, 0.29) is 0 Å². The van der Waals surface area contributed by atoms with Crippen LogP contribution in [0.2, 0.25) is 0 Å². The van der Waals surface area contributed by atoms with E-state index in [1.165, 1.54) is 12.7 Å². The van der Waals surface area contributed by atoms with E-state index >= 15 is 0 Å². The molecule has 1 fully saturated rings. The van der Waals surface area contributed by atoms with Gasteiger partial charge < -0.3 is 10.6 Å². The van der Waals surface area contributed by atoms with Gasteiger partial charge in [-0.3, -0.25) is 0 Å². The van der Waals surface area contributed by atoms with Crippen molar-refractivity contribution in [1.29, 1.82) is 0 Å². The average molecular weight is 167 g/mol. The predicted molar refractivity (Wildman–Crippen MR) is 45.8 cm³/mol. The molecule has 0 aromatic carbocycles. The van der Waals surface area contributed by atoms with E-state index in [1.807, 2.05) is 0 Å². The standard InChI is InChI=1S/C7H13N5/c8-4-6-2-1-3-12(6)7-9-5-10-11-7/h5-6H,1-4,8H2,(H,9,10,11). The molecule has 5 nitrogen and oxygen atoms in total. The Kier molecular flexibility index (Phi) is 1.95. The first-order chi connectivity index (χ1) is 5.92. The van der Waals surface area contributed by atoms with Crippen LogP contribution in [-0.4, -0.2) is 34.3 Å². The molecule has 2 rings (SSSR count). The number of hydrogen-bond acceptors (Lipinski definition) is 4. The first kappa shape index (κ1) is 7.54. The van der Waals surface area contributed by atoms with Crippen molar-refractivity contribution in [2.75, 3.05) is 18.0 Å². The molecule has 1 aliphatic rings. The van der Waals surface area contributed by atoms with Gasteiger partial charge in [0.1, 0.15) is 6.33 Å². The number of aromatic amines is 1. The van der Waals surface area contributed by atoms with Gasteiger partial charge in [0, 0.05) is 19.1 Å². The zero-order valence-corrected chi connectivity index (χ0v) is 6.90. The summed E-state index contributed by atoms with van der Waals surface area (Å²) in [5, 5.41) is 6.67. The number of hydrogen-bond donors (Lipinski definition) is 2. The maximum Gasteiger partial charge on any atom is 0.221 e. The fourth-order valence-corrected chi connectivity index (χ4v) is 1.70.